The van der Waals surface area contributed by atoms with Crippen molar-refractivity contribution in [2.75, 3.05) is 24.5 Å². The van der Waals surface area contributed by atoms with Crippen LogP contribution in [0.4, 0.5) is 32.0 Å². The van der Waals surface area contributed by atoms with Crippen LogP contribution in [-0.4, -0.2) is 70.1 Å². The van der Waals surface area contributed by atoms with Crippen molar-refractivity contribution in [2.24, 2.45) is 5.92 Å². The molecular formula is C22H20F6N4O4. The Kier molecular flexibility index (Phi) is 7.77. The lowest BCUT2D eigenvalue weighted by atomic mass is 9.91. The molecule has 2 aliphatic rings. The molecule has 0 aliphatic carbocycles. The number of nitrogens with one attached hydrogen (secondary N) is 2. The van der Waals surface area contributed by atoms with Gasteiger partial charge in [-0.05, 0) is 35.2 Å². The highest BCUT2D eigenvalue weighted by Gasteiger charge is 2.42. The van der Waals surface area contributed by atoms with Crippen molar-refractivity contribution in [3.63, 3.8) is 0 Å². The Morgan fingerprint density at radius 3 is 2.14 bits per heavy atom. The zero-order valence-corrected chi connectivity index (χ0v) is 18.3. The fraction of sp³-hybridized carbons (Fsp3) is 0.318. The summed E-state index contributed by atoms with van der Waals surface area (Å²) in [6, 6.07) is 11.6. The molecule has 194 valence electrons. The fourth-order valence-electron chi connectivity index (χ4n) is 3.79. The number of carboxylic acids is 2. The normalized spacial score (nSPS) is 18.8. The van der Waals surface area contributed by atoms with Gasteiger partial charge in [-0.2, -0.15) is 26.3 Å². The van der Waals surface area contributed by atoms with Gasteiger partial charge in [-0.1, -0.05) is 6.07 Å². The van der Waals surface area contributed by atoms with Crippen LogP contribution in [0.5, 0.6) is 0 Å². The van der Waals surface area contributed by atoms with E-state index in [1.54, 1.807) is 0 Å². The maximum absolute atomic E-state index is 10.6. The summed E-state index contributed by atoms with van der Waals surface area (Å²) in [5, 5.41) is 19.0. The largest absolute Gasteiger partial charge is 0.490 e. The molecular weight excluding hydrogens is 498 g/mol. The smallest absolute Gasteiger partial charge is 0.475 e. The van der Waals surface area contributed by atoms with E-state index in [0.29, 0.717) is 6.04 Å². The highest BCUT2D eigenvalue weighted by molar-refractivity contribution is 5.85. The monoisotopic (exact) mass is 518 g/mol. The number of carbonyl (C=O) groups is 2. The number of alkyl halides is 6. The summed E-state index contributed by atoms with van der Waals surface area (Å²) in [7, 11) is 0. The van der Waals surface area contributed by atoms with E-state index >= 15 is 0 Å². The molecule has 2 aromatic heterocycles. The van der Waals surface area contributed by atoms with Crippen LogP contribution in [0, 0.1) is 5.92 Å². The first-order valence-electron chi connectivity index (χ1n) is 10.4. The number of pyridine rings is 1. The van der Waals surface area contributed by atoms with Crippen LogP contribution in [0.25, 0.3) is 22.0 Å². The molecule has 8 nitrogen and oxygen atoms in total. The average molecular weight is 518 g/mol. The zero-order valence-electron chi connectivity index (χ0n) is 18.3. The van der Waals surface area contributed by atoms with E-state index in [1.807, 2.05) is 18.6 Å². The highest BCUT2D eigenvalue weighted by Crippen LogP contribution is 2.35. The van der Waals surface area contributed by atoms with Gasteiger partial charge in [0.05, 0.1) is 11.9 Å². The Morgan fingerprint density at radius 1 is 0.917 bits per heavy atom. The van der Waals surface area contributed by atoms with Gasteiger partial charge in [0.2, 0.25) is 0 Å². The molecule has 2 fully saturated rings. The second-order valence-corrected chi connectivity index (χ2v) is 7.96. The van der Waals surface area contributed by atoms with E-state index in [0.717, 1.165) is 19.0 Å². The molecule has 0 amide bonds. The molecule has 0 unspecified atom stereocenters. The van der Waals surface area contributed by atoms with Crippen LogP contribution in [0.3, 0.4) is 0 Å². The van der Waals surface area contributed by atoms with Crippen LogP contribution >= 0.6 is 0 Å². The summed E-state index contributed by atoms with van der Waals surface area (Å²) in [5.41, 5.74) is 4.84. The number of halogens is 6. The molecule has 14 heteroatoms. The number of hydrogen-bond acceptors (Lipinski definition) is 5. The van der Waals surface area contributed by atoms with Gasteiger partial charge in [-0.3, -0.25) is 4.98 Å². The zero-order chi connectivity index (χ0) is 26.7. The third-order valence-corrected chi connectivity index (χ3v) is 5.56. The fourth-order valence-corrected chi connectivity index (χ4v) is 3.79. The lowest BCUT2D eigenvalue weighted by Crippen LogP contribution is -2.55. The maximum atomic E-state index is 10.6. The SMILES string of the molecule is O=C(O)C(F)(F)F.O=C(O)C(F)(F)F.c1cc2cc(-c3cncc(N4C[C@H]5CNC[C@H]54)c3)ccc2[nH]1. The lowest BCUT2D eigenvalue weighted by molar-refractivity contribution is -0.193. The lowest BCUT2D eigenvalue weighted by Gasteiger charge is -2.45. The number of anilines is 1. The summed E-state index contributed by atoms with van der Waals surface area (Å²) in [6.07, 6.45) is -4.23. The van der Waals surface area contributed by atoms with Crippen LogP contribution in [0.15, 0.2) is 48.9 Å². The minimum atomic E-state index is -5.08. The molecule has 0 saturated carbocycles. The predicted molar refractivity (Wildman–Crippen MR) is 116 cm³/mol. The molecule has 2 atom stereocenters. The number of nitrogens with zero attached hydrogens (tertiary/aromatic N) is 2. The third kappa shape index (κ3) is 6.44. The highest BCUT2D eigenvalue weighted by atomic mass is 19.4. The van der Waals surface area contributed by atoms with Gasteiger partial charge < -0.3 is 25.4 Å². The first-order valence-corrected chi connectivity index (χ1v) is 10.4. The van der Waals surface area contributed by atoms with Crippen molar-refractivity contribution in [3.8, 4) is 11.1 Å². The first-order chi connectivity index (χ1) is 16.8. The Hall–Kier alpha value is -3.81. The number of fused-ring (bicyclic) bond motifs is 2. The van der Waals surface area contributed by atoms with Gasteiger partial charge in [0.1, 0.15) is 0 Å². The van der Waals surface area contributed by atoms with Crippen molar-refractivity contribution in [3.05, 3.63) is 48.9 Å². The van der Waals surface area contributed by atoms with Crippen LogP contribution in [-0.2, 0) is 9.59 Å². The van der Waals surface area contributed by atoms with Gasteiger partial charge >= 0.3 is 24.3 Å². The number of aliphatic carboxylic acids is 2. The first kappa shape index (κ1) is 26.8. The standard InChI is InChI=1S/C18H18N4.2C2HF3O2/c1-2-17-13(3-4-21-17)5-12(1)14-6-16(9-19-7-14)22-11-15-8-20-10-18(15)22;2*3-2(4,5)1(6)7/h1-7,9,15,18,20-21H,8,10-11H2;2*(H,6,7)/t15-,18-;;/m1../s1. The number of rotatable bonds is 2. The summed E-state index contributed by atoms with van der Waals surface area (Å²) >= 11 is 0. The minimum Gasteiger partial charge on any atom is -0.475 e. The van der Waals surface area contributed by atoms with E-state index in [2.05, 4.69) is 50.5 Å². The Balaban J connectivity index is 0.000000216. The summed E-state index contributed by atoms with van der Waals surface area (Å²) in [6.45, 7) is 3.42. The molecule has 2 saturated heterocycles. The predicted octanol–water partition coefficient (Wildman–Crippen LogP) is 3.90. The second kappa shape index (κ2) is 10.4. The molecule has 4 N–H and O–H groups in total. The molecule has 4 heterocycles. The van der Waals surface area contributed by atoms with Gasteiger partial charge in [0.15, 0.2) is 0 Å². The van der Waals surface area contributed by atoms with Crippen molar-refractivity contribution >= 4 is 28.5 Å². The van der Waals surface area contributed by atoms with Crippen LogP contribution < -0.4 is 10.2 Å². The van der Waals surface area contributed by atoms with Crippen LogP contribution in [0.1, 0.15) is 0 Å². The molecule has 0 radical (unpaired) electrons. The number of aromatic nitrogens is 2. The van der Waals surface area contributed by atoms with Gasteiger partial charge in [-0.25, -0.2) is 9.59 Å². The average Bonchev–Trinajstić information content (AvgIpc) is 3.39. The molecule has 0 spiro atoms. The number of aromatic amines is 1. The van der Waals surface area contributed by atoms with Gasteiger partial charge in [0, 0.05) is 55.1 Å². The van der Waals surface area contributed by atoms with Crippen molar-refractivity contribution in [1.82, 2.24) is 15.3 Å². The van der Waals surface area contributed by atoms with Crippen molar-refractivity contribution in [1.29, 1.82) is 0 Å². The Morgan fingerprint density at radius 2 is 1.56 bits per heavy atom. The molecule has 0 bridgehead atoms. The Bertz CT molecular complexity index is 1200. The molecule has 2 aliphatic heterocycles. The van der Waals surface area contributed by atoms with E-state index in [4.69, 9.17) is 19.8 Å². The van der Waals surface area contributed by atoms with Crippen molar-refractivity contribution in [2.45, 2.75) is 18.4 Å². The van der Waals surface area contributed by atoms with Gasteiger partial charge in [-0.15, -0.1) is 0 Å². The van der Waals surface area contributed by atoms with E-state index in [-0.39, 0.29) is 0 Å². The third-order valence-electron chi connectivity index (χ3n) is 5.56. The minimum absolute atomic E-state index is 0.657. The number of carboxylic acid groups (broad SMARTS) is 2. The molecule has 3 aromatic rings. The van der Waals surface area contributed by atoms with E-state index in [1.165, 1.54) is 34.3 Å². The van der Waals surface area contributed by atoms with E-state index < -0.39 is 24.3 Å². The summed E-state index contributed by atoms with van der Waals surface area (Å²) in [5.74, 6) is -4.69. The Labute approximate surface area is 199 Å². The number of benzene rings is 1. The number of hydrogen-bond donors (Lipinski definition) is 4. The van der Waals surface area contributed by atoms with Gasteiger partial charge in [0.25, 0.3) is 0 Å². The maximum Gasteiger partial charge on any atom is 0.490 e. The van der Waals surface area contributed by atoms with Crippen LogP contribution in [0.2, 0.25) is 0 Å². The topological polar surface area (TPSA) is 119 Å². The summed E-state index contributed by atoms with van der Waals surface area (Å²) in [4.78, 5) is 28.0. The molecule has 5 rings (SSSR count). The molecule has 1 aromatic carbocycles. The number of H-pyrrole nitrogens is 1. The molecule has 36 heavy (non-hydrogen) atoms. The quantitative estimate of drug-likeness (QED) is 0.380. The van der Waals surface area contributed by atoms with E-state index in [9.17, 15) is 26.3 Å². The van der Waals surface area contributed by atoms with Crippen molar-refractivity contribution < 1.29 is 46.1 Å². The summed E-state index contributed by atoms with van der Waals surface area (Å²) < 4.78 is 63.5. The second-order valence-electron chi connectivity index (χ2n) is 7.96.